The molecule has 0 aliphatic rings. The lowest BCUT2D eigenvalue weighted by atomic mass is 10.1. The molecule has 0 spiro atoms. The third-order valence-corrected chi connectivity index (χ3v) is 2.49. The smallest absolute Gasteiger partial charge is 0.339 e. The van der Waals surface area contributed by atoms with Crippen LogP contribution in [-0.4, -0.2) is 12.6 Å². The highest BCUT2D eigenvalue weighted by Crippen LogP contribution is 2.25. The number of aryl methyl sites for hydroxylation is 1. The van der Waals surface area contributed by atoms with Crippen LogP contribution in [0.1, 0.15) is 22.8 Å². The summed E-state index contributed by atoms with van der Waals surface area (Å²) in [4.78, 5) is 11.5. The number of hydrogen-bond donors (Lipinski definition) is 0. The van der Waals surface area contributed by atoms with Crippen LogP contribution in [0.15, 0.2) is 16.6 Å². The molecule has 0 fully saturated rings. The van der Waals surface area contributed by atoms with E-state index in [4.69, 9.17) is 16.3 Å². The van der Waals surface area contributed by atoms with Gasteiger partial charge >= 0.3 is 5.97 Å². The molecule has 2 nitrogen and oxygen atoms in total. The number of rotatable bonds is 2. The molecule has 1 rings (SSSR count). The summed E-state index contributed by atoms with van der Waals surface area (Å²) in [7, 11) is 0. The molecular weight excluding hydrogens is 267 g/mol. The molecule has 0 aromatic heterocycles. The van der Waals surface area contributed by atoms with Crippen molar-refractivity contribution < 1.29 is 9.53 Å². The van der Waals surface area contributed by atoms with Crippen molar-refractivity contribution in [2.75, 3.05) is 6.61 Å². The molecule has 14 heavy (non-hydrogen) atoms. The number of ether oxygens (including phenoxy) is 1. The predicted molar refractivity (Wildman–Crippen MR) is 59.8 cm³/mol. The van der Waals surface area contributed by atoms with Crippen molar-refractivity contribution in [3.05, 3.63) is 32.8 Å². The Balaban J connectivity index is 3.14. The zero-order chi connectivity index (χ0) is 10.7. The summed E-state index contributed by atoms with van der Waals surface area (Å²) in [6, 6.07) is 3.51. The first-order valence-corrected chi connectivity index (χ1v) is 5.36. The van der Waals surface area contributed by atoms with Crippen LogP contribution < -0.4 is 0 Å². The molecule has 4 heteroatoms. The lowest BCUT2D eigenvalue weighted by Gasteiger charge is -2.07. The van der Waals surface area contributed by atoms with Gasteiger partial charge in [-0.2, -0.15) is 0 Å². The Labute approximate surface area is 96.3 Å². The van der Waals surface area contributed by atoms with Crippen molar-refractivity contribution in [3.63, 3.8) is 0 Å². The van der Waals surface area contributed by atoms with Crippen LogP contribution in [0.2, 0.25) is 5.02 Å². The highest BCUT2D eigenvalue weighted by molar-refractivity contribution is 9.10. The summed E-state index contributed by atoms with van der Waals surface area (Å²) < 4.78 is 5.75. The van der Waals surface area contributed by atoms with E-state index in [0.717, 1.165) is 10.0 Å². The first-order chi connectivity index (χ1) is 6.56. The van der Waals surface area contributed by atoms with E-state index in [0.29, 0.717) is 17.2 Å². The number of esters is 1. The van der Waals surface area contributed by atoms with Gasteiger partial charge in [-0.15, -0.1) is 0 Å². The van der Waals surface area contributed by atoms with E-state index in [-0.39, 0.29) is 5.97 Å². The summed E-state index contributed by atoms with van der Waals surface area (Å²) in [6.07, 6.45) is 0. The van der Waals surface area contributed by atoms with Crippen molar-refractivity contribution >= 4 is 33.5 Å². The second-order valence-electron chi connectivity index (χ2n) is 2.80. The van der Waals surface area contributed by atoms with Crippen molar-refractivity contribution in [1.29, 1.82) is 0 Å². The zero-order valence-electron chi connectivity index (χ0n) is 7.93. The fourth-order valence-electron chi connectivity index (χ4n) is 1.16. The first kappa shape index (κ1) is 11.5. The van der Waals surface area contributed by atoms with Gasteiger partial charge in [0.25, 0.3) is 0 Å². The largest absolute Gasteiger partial charge is 0.462 e. The molecule has 0 aliphatic carbocycles. The molecule has 76 valence electrons. The van der Waals surface area contributed by atoms with E-state index in [2.05, 4.69) is 15.9 Å². The number of carbonyl (C=O) groups excluding carboxylic acids is 1. The summed E-state index contributed by atoms with van der Waals surface area (Å²) >= 11 is 9.23. The van der Waals surface area contributed by atoms with Gasteiger partial charge in [0, 0.05) is 4.47 Å². The Morgan fingerprint density at radius 2 is 2.21 bits per heavy atom. The van der Waals surface area contributed by atoms with Crippen LogP contribution in [0.5, 0.6) is 0 Å². The van der Waals surface area contributed by atoms with Crippen molar-refractivity contribution in [2.45, 2.75) is 13.8 Å². The Kier molecular flexibility index (Phi) is 3.96. The van der Waals surface area contributed by atoms with Gasteiger partial charge in [-0.25, -0.2) is 4.79 Å². The van der Waals surface area contributed by atoms with Crippen molar-refractivity contribution in [2.24, 2.45) is 0 Å². The van der Waals surface area contributed by atoms with Crippen LogP contribution in [0.3, 0.4) is 0 Å². The van der Waals surface area contributed by atoms with E-state index < -0.39 is 0 Å². The highest BCUT2D eigenvalue weighted by Gasteiger charge is 2.14. The SMILES string of the molecule is CCOC(=O)c1c(C)cc(Br)cc1Cl. The molecule has 0 saturated carbocycles. The number of benzene rings is 1. The van der Waals surface area contributed by atoms with Crippen LogP contribution in [0.4, 0.5) is 0 Å². The lowest BCUT2D eigenvalue weighted by Crippen LogP contribution is -2.07. The Hall–Kier alpha value is -0.540. The fraction of sp³-hybridized carbons (Fsp3) is 0.300. The van der Waals surface area contributed by atoms with Gasteiger partial charge in [-0.3, -0.25) is 0 Å². The second kappa shape index (κ2) is 4.80. The minimum Gasteiger partial charge on any atom is -0.462 e. The van der Waals surface area contributed by atoms with E-state index >= 15 is 0 Å². The molecular formula is C10H10BrClO2. The van der Waals surface area contributed by atoms with Gasteiger partial charge in [-0.05, 0) is 31.5 Å². The predicted octanol–water partition coefficient (Wildman–Crippen LogP) is 3.59. The minimum absolute atomic E-state index is 0.352. The molecule has 1 aromatic rings. The fourth-order valence-corrected chi connectivity index (χ4v) is 2.21. The second-order valence-corrected chi connectivity index (χ2v) is 4.12. The molecule has 0 atom stereocenters. The van der Waals surface area contributed by atoms with Gasteiger partial charge in [0.2, 0.25) is 0 Å². The van der Waals surface area contributed by atoms with Gasteiger partial charge in [-0.1, -0.05) is 27.5 Å². The van der Waals surface area contributed by atoms with Gasteiger partial charge < -0.3 is 4.74 Å². The van der Waals surface area contributed by atoms with Crippen molar-refractivity contribution in [3.8, 4) is 0 Å². The van der Waals surface area contributed by atoms with E-state index in [1.807, 2.05) is 13.0 Å². The van der Waals surface area contributed by atoms with Gasteiger partial charge in [0.1, 0.15) is 0 Å². The maximum Gasteiger partial charge on any atom is 0.339 e. The van der Waals surface area contributed by atoms with Crippen LogP contribution in [0, 0.1) is 6.92 Å². The molecule has 0 unspecified atom stereocenters. The molecule has 0 saturated heterocycles. The quantitative estimate of drug-likeness (QED) is 0.772. The highest BCUT2D eigenvalue weighted by atomic mass is 79.9. The third-order valence-electron chi connectivity index (χ3n) is 1.73. The first-order valence-electron chi connectivity index (χ1n) is 4.19. The molecule has 0 heterocycles. The van der Waals surface area contributed by atoms with E-state index in [1.165, 1.54) is 0 Å². The van der Waals surface area contributed by atoms with Crippen LogP contribution in [-0.2, 0) is 4.74 Å². The zero-order valence-corrected chi connectivity index (χ0v) is 10.3. The Bertz CT molecular complexity index is 340. The molecule has 0 bridgehead atoms. The van der Waals surface area contributed by atoms with Crippen LogP contribution in [0.25, 0.3) is 0 Å². The normalized spacial score (nSPS) is 10.0. The Morgan fingerprint density at radius 3 is 2.71 bits per heavy atom. The van der Waals surface area contributed by atoms with Gasteiger partial charge in [0.15, 0.2) is 0 Å². The number of hydrogen-bond acceptors (Lipinski definition) is 2. The summed E-state index contributed by atoms with van der Waals surface area (Å²) in [5.41, 5.74) is 1.25. The molecule has 0 aliphatic heterocycles. The molecule has 0 N–H and O–H groups in total. The van der Waals surface area contributed by atoms with E-state index in [1.54, 1.807) is 13.0 Å². The summed E-state index contributed by atoms with van der Waals surface area (Å²) in [5.74, 6) is -0.373. The number of halogens is 2. The molecule has 1 aromatic carbocycles. The van der Waals surface area contributed by atoms with Crippen LogP contribution >= 0.6 is 27.5 Å². The summed E-state index contributed by atoms with van der Waals surface area (Å²) in [6.45, 7) is 3.94. The topological polar surface area (TPSA) is 26.3 Å². The standard InChI is InChI=1S/C10H10BrClO2/c1-3-14-10(13)9-6(2)4-7(11)5-8(9)12/h4-5H,3H2,1-2H3. The maximum atomic E-state index is 11.5. The summed E-state index contributed by atoms with van der Waals surface area (Å²) in [5, 5.41) is 0.412. The monoisotopic (exact) mass is 276 g/mol. The maximum absolute atomic E-state index is 11.5. The van der Waals surface area contributed by atoms with Gasteiger partial charge in [0.05, 0.1) is 17.2 Å². The lowest BCUT2D eigenvalue weighted by molar-refractivity contribution is 0.0525. The minimum atomic E-state index is -0.373. The number of carbonyl (C=O) groups is 1. The van der Waals surface area contributed by atoms with Crippen molar-refractivity contribution in [1.82, 2.24) is 0 Å². The molecule has 0 radical (unpaired) electrons. The molecule has 0 amide bonds. The average Bonchev–Trinajstić information content (AvgIpc) is 2.01. The Morgan fingerprint density at radius 1 is 1.57 bits per heavy atom. The van der Waals surface area contributed by atoms with E-state index in [9.17, 15) is 4.79 Å². The third kappa shape index (κ3) is 2.49. The average molecular weight is 278 g/mol.